The van der Waals surface area contributed by atoms with Crippen molar-refractivity contribution in [3.8, 4) is 0 Å². The molecule has 0 spiro atoms. The summed E-state index contributed by atoms with van der Waals surface area (Å²) in [6.07, 6.45) is -0.242. The first-order valence-corrected chi connectivity index (χ1v) is 16.1. The highest BCUT2D eigenvalue weighted by atomic mass is 19.1. The lowest BCUT2D eigenvalue weighted by molar-refractivity contribution is -0.0312. The Morgan fingerprint density at radius 2 is 1.06 bits per heavy atom. The van der Waals surface area contributed by atoms with Gasteiger partial charge < -0.3 is 14.2 Å². The van der Waals surface area contributed by atoms with Gasteiger partial charge in [-0.25, -0.2) is 9.29 Å². The van der Waals surface area contributed by atoms with Gasteiger partial charge in [-0.05, 0) is 94.7 Å². The third-order valence-corrected chi connectivity index (χ3v) is 9.60. The fourth-order valence-corrected chi connectivity index (χ4v) is 7.33. The number of hydrogen-bond donors (Lipinski definition) is 0. The molecule has 246 valence electrons. The third kappa shape index (κ3) is 4.63. The van der Waals surface area contributed by atoms with Gasteiger partial charge in [-0.1, -0.05) is 24.3 Å². The molecule has 10 heteroatoms. The Morgan fingerprint density at radius 3 is 1.53 bits per heavy atom. The Bertz CT molecular complexity index is 2250. The van der Waals surface area contributed by atoms with E-state index in [1.165, 1.54) is 29.2 Å². The maximum Gasteiger partial charge on any atom is 0.265 e. The van der Waals surface area contributed by atoms with E-state index in [0.29, 0.717) is 52.8 Å². The number of methoxy groups -OCH3 is 1. The van der Waals surface area contributed by atoms with E-state index < -0.39 is 35.5 Å². The van der Waals surface area contributed by atoms with Crippen molar-refractivity contribution >= 4 is 72.4 Å². The molecule has 2 heterocycles. The molecule has 8 rings (SSSR count). The van der Waals surface area contributed by atoms with Crippen LogP contribution in [0.1, 0.15) is 55.3 Å². The zero-order valence-electron chi connectivity index (χ0n) is 27.0. The van der Waals surface area contributed by atoms with Crippen molar-refractivity contribution in [2.45, 2.75) is 26.0 Å². The van der Waals surface area contributed by atoms with E-state index in [1.807, 2.05) is 31.2 Å². The largest absolute Gasteiger partial charge is 0.382 e. The average Bonchev–Trinajstić information content (AvgIpc) is 3.10. The highest BCUT2D eigenvalue weighted by molar-refractivity contribution is 6.43. The van der Waals surface area contributed by atoms with Crippen molar-refractivity contribution in [1.29, 1.82) is 0 Å². The van der Waals surface area contributed by atoms with Crippen LogP contribution in [0.5, 0.6) is 0 Å². The lowest BCUT2D eigenvalue weighted by atomic mass is 9.82. The molecule has 0 N–H and O–H groups in total. The molecule has 49 heavy (non-hydrogen) atoms. The van der Waals surface area contributed by atoms with Crippen molar-refractivity contribution in [1.82, 2.24) is 4.90 Å². The molecule has 0 saturated carbocycles. The SMILES string of the molecule is COCCOCC(C)OCC(C)N1C(=O)c2ccc3c4ccc5c6c(ccc(c7ccc(c2c37)C1=O)c64)C(=O)N(c1ccc(F)cc1)C5=O. The Balaban J connectivity index is 1.21. The van der Waals surface area contributed by atoms with E-state index in [4.69, 9.17) is 14.2 Å². The molecule has 0 bridgehead atoms. The Hall–Kier alpha value is -5.29. The van der Waals surface area contributed by atoms with Crippen LogP contribution in [0, 0.1) is 5.82 Å². The van der Waals surface area contributed by atoms with Crippen LogP contribution in [0.3, 0.4) is 0 Å². The molecule has 6 aromatic carbocycles. The summed E-state index contributed by atoms with van der Waals surface area (Å²) in [5.41, 5.74) is 1.86. The molecular weight excluding hydrogens is 627 g/mol. The van der Waals surface area contributed by atoms with Gasteiger partial charge in [-0.3, -0.25) is 24.1 Å². The van der Waals surface area contributed by atoms with Crippen LogP contribution in [0.4, 0.5) is 10.1 Å². The van der Waals surface area contributed by atoms with Crippen LogP contribution in [0.25, 0.3) is 43.1 Å². The van der Waals surface area contributed by atoms with Crippen molar-refractivity contribution in [3.63, 3.8) is 0 Å². The predicted octanol–water partition coefficient (Wildman–Crippen LogP) is 6.73. The second-order valence-corrected chi connectivity index (χ2v) is 12.6. The molecule has 0 radical (unpaired) electrons. The van der Waals surface area contributed by atoms with Crippen molar-refractivity contribution < 1.29 is 37.8 Å². The summed E-state index contributed by atoms with van der Waals surface area (Å²) >= 11 is 0. The molecule has 2 atom stereocenters. The van der Waals surface area contributed by atoms with Gasteiger partial charge in [0, 0.05) is 40.1 Å². The molecule has 0 aromatic heterocycles. The summed E-state index contributed by atoms with van der Waals surface area (Å²) < 4.78 is 30.1. The number of rotatable bonds is 10. The molecular formula is C39H31FN2O7. The first kappa shape index (κ1) is 31.0. The summed E-state index contributed by atoms with van der Waals surface area (Å²) in [5.74, 6) is -2.25. The highest BCUT2D eigenvalue weighted by Gasteiger charge is 2.39. The second kappa shape index (κ2) is 11.7. The van der Waals surface area contributed by atoms with Crippen LogP contribution < -0.4 is 4.90 Å². The minimum absolute atomic E-state index is 0.150. The van der Waals surface area contributed by atoms with Crippen LogP contribution in [0.2, 0.25) is 0 Å². The maximum absolute atomic E-state index is 14.0. The fraction of sp³-hybridized carbons (Fsp3) is 0.231. The van der Waals surface area contributed by atoms with Crippen molar-refractivity contribution in [2.75, 3.05) is 38.4 Å². The summed E-state index contributed by atoms with van der Waals surface area (Å²) in [6.45, 7) is 5.10. The number of nitrogens with zero attached hydrogens (tertiary/aromatic N) is 2. The number of benzene rings is 6. The zero-order chi connectivity index (χ0) is 34.1. The quantitative estimate of drug-likeness (QED) is 0.0696. The summed E-state index contributed by atoms with van der Waals surface area (Å²) in [5, 5.41) is 5.88. The minimum Gasteiger partial charge on any atom is -0.382 e. The zero-order valence-corrected chi connectivity index (χ0v) is 27.0. The number of anilines is 1. The van der Waals surface area contributed by atoms with Crippen LogP contribution in [-0.4, -0.2) is 74.2 Å². The monoisotopic (exact) mass is 658 g/mol. The van der Waals surface area contributed by atoms with E-state index in [1.54, 1.807) is 38.3 Å². The number of amides is 4. The molecule has 0 aliphatic carbocycles. The van der Waals surface area contributed by atoms with Gasteiger partial charge in [-0.2, -0.15) is 0 Å². The van der Waals surface area contributed by atoms with E-state index >= 15 is 0 Å². The molecule has 2 aliphatic heterocycles. The summed E-state index contributed by atoms with van der Waals surface area (Å²) in [7, 11) is 1.60. The number of halogens is 1. The number of ether oxygens (including phenoxy) is 3. The Kier molecular flexibility index (Phi) is 7.40. The average molecular weight is 659 g/mol. The lowest BCUT2D eigenvalue weighted by Crippen LogP contribution is -2.48. The normalized spacial score (nSPS) is 15.8. The third-order valence-electron chi connectivity index (χ3n) is 9.60. The molecule has 6 aromatic rings. The smallest absolute Gasteiger partial charge is 0.265 e. The van der Waals surface area contributed by atoms with Crippen molar-refractivity contribution in [3.05, 3.63) is 101 Å². The first-order valence-electron chi connectivity index (χ1n) is 16.1. The van der Waals surface area contributed by atoms with E-state index in [9.17, 15) is 23.6 Å². The van der Waals surface area contributed by atoms with E-state index in [-0.39, 0.29) is 18.4 Å². The second-order valence-electron chi connectivity index (χ2n) is 12.6. The number of imide groups is 2. The van der Waals surface area contributed by atoms with Gasteiger partial charge in [0.25, 0.3) is 23.6 Å². The summed E-state index contributed by atoms with van der Waals surface area (Å²) in [4.78, 5) is 58.0. The van der Waals surface area contributed by atoms with Gasteiger partial charge in [0.1, 0.15) is 5.82 Å². The fourth-order valence-electron chi connectivity index (χ4n) is 7.33. The number of carbonyl (C=O) groups is 4. The molecule has 4 amide bonds. The van der Waals surface area contributed by atoms with E-state index in [2.05, 4.69) is 0 Å². The molecule has 0 fully saturated rings. The van der Waals surface area contributed by atoms with Gasteiger partial charge >= 0.3 is 0 Å². The van der Waals surface area contributed by atoms with Gasteiger partial charge in [0.2, 0.25) is 0 Å². The van der Waals surface area contributed by atoms with Gasteiger partial charge in [0.05, 0.1) is 44.3 Å². The van der Waals surface area contributed by atoms with Crippen LogP contribution in [-0.2, 0) is 14.2 Å². The summed E-state index contributed by atoms with van der Waals surface area (Å²) in [6, 6.07) is 19.1. The van der Waals surface area contributed by atoms with Crippen LogP contribution >= 0.6 is 0 Å². The minimum atomic E-state index is -0.529. The van der Waals surface area contributed by atoms with Gasteiger partial charge in [0.15, 0.2) is 0 Å². The number of fused-ring (bicyclic) bond motifs is 2. The molecule has 2 aliphatic rings. The van der Waals surface area contributed by atoms with E-state index in [0.717, 1.165) is 37.2 Å². The molecule has 9 nitrogen and oxygen atoms in total. The standard InChI is InChI=1S/C39H31FN2O7/c1-20(18-49-21(2)19-48-17-16-47-3)41-36(43)28-12-8-24-26-10-14-30-35-31(39(46)42(38(30)45)23-6-4-22(40)5-7-23)15-11-27(33(26)35)25-9-13-29(37(41)44)34(28)32(24)25/h4-15,20-21H,16-19H2,1-3H3. The first-order chi connectivity index (χ1) is 23.7. The maximum atomic E-state index is 14.0. The molecule has 0 saturated heterocycles. The topological polar surface area (TPSA) is 102 Å². The van der Waals surface area contributed by atoms with Crippen LogP contribution in [0.15, 0.2) is 72.8 Å². The van der Waals surface area contributed by atoms with Gasteiger partial charge in [-0.15, -0.1) is 0 Å². The number of carbonyl (C=O) groups excluding carboxylic acids is 4. The van der Waals surface area contributed by atoms with Crippen molar-refractivity contribution in [2.24, 2.45) is 0 Å². The lowest BCUT2D eigenvalue weighted by Gasteiger charge is -2.33. The number of hydrogen-bond acceptors (Lipinski definition) is 7. The Labute approximate surface area is 280 Å². The highest BCUT2D eigenvalue weighted by Crippen LogP contribution is 2.46. The predicted molar refractivity (Wildman–Crippen MR) is 183 cm³/mol. The Morgan fingerprint density at radius 1 is 0.592 bits per heavy atom. The molecule has 2 unspecified atom stereocenters.